The molecule has 0 atom stereocenters. The number of amides is 1. The molecule has 1 amide bonds. The van der Waals surface area contributed by atoms with Crippen LogP contribution in [0.4, 0.5) is 10.1 Å². The number of halogens is 1. The normalized spacial score (nSPS) is 13.4. The molecule has 1 aliphatic rings. The van der Waals surface area contributed by atoms with E-state index in [4.69, 9.17) is 4.74 Å². The summed E-state index contributed by atoms with van der Waals surface area (Å²) >= 11 is 0. The molecule has 0 spiro atoms. The maximum absolute atomic E-state index is 13.1. The summed E-state index contributed by atoms with van der Waals surface area (Å²) in [6.07, 6.45) is 1.94. The lowest BCUT2D eigenvalue weighted by Gasteiger charge is -2.23. The van der Waals surface area contributed by atoms with E-state index in [-0.39, 0.29) is 16.8 Å². The van der Waals surface area contributed by atoms with Crippen molar-refractivity contribution in [1.29, 1.82) is 0 Å². The van der Waals surface area contributed by atoms with Gasteiger partial charge in [0.15, 0.2) is 0 Å². The first-order valence-corrected chi connectivity index (χ1v) is 11.7. The molecular weight excluding hydrogens is 431 g/mol. The van der Waals surface area contributed by atoms with Crippen LogP contribution in [0.2, 0.25) is 0 Å². The van der Waals surface area contributed by atoms with E-state index in [2.05, 4.69) is 4.72 Å². The van der Waals surface area contributed by atoms with Crippen molar-refractivity contribution in [3.8, 4) is 5.75 Å². The highest BCUT2D eigenvalue weighted by atomic mass is 32.2. The third-order valence-electron chi connectivity index (χ3n) is 5.27. The molecule has 0 unspecified atom stereocenters. The largest absolute Gasteiger partial charge is 0.497 e. The Kier molecular flexibility index (Phi) is 6.14. The summed E-state index contributed by atoms with van der Waals surface area (Å²) in [4.78, 5) is 14.9. The van der Waals surface area contributed by atoms with Crippen molar-refractivity contribution < 1.29 is 22.3 Å². The second-order valence-electron chi connectivity index (χ2n) is 7.65. The molecule has 3 aromatic carbocycles. The number of carbonyl (C=O) groups excluding carboxylic acids is 1. The van der Waals surface area contributed by atoms with Crippen LogP contribution in [0.3, 0.4) is 0 Å². The van der Waals surface area contributed by atoms with Crippen LogP contribution >= 0.6 is 0 Å². The number of nitrogens with one attached hydrogen (secondary N) is 1. The van der Waals surface area contributed by atoms with Crippen molar-refractivity contribution in [2.45, 2.75) is 30.3 Å². The number of ether oxygens (including phenoxy) is 1. The molecule has 0 bridgehead atoms. The van der Waals surface area contributed by atoms with Crippen LogP contribution < -0.4 is 9.46 Å². The zero-order valence-corrected chi connectivity index (χ0v) is 18.3. The van der Waals surface area contributed by atoms with Crippen molar-refractivity contribution in [2.24, 2.45) is 0 Å². The summed E-state index contributed by atoms with van der Waals surface area (Å²) in [6, 6.07) is 18.7. The van der Waals surface area contributed by atoms with E-state index in [0.29, 0.717) is 17.8 Å². The standard InChI is InChI=1S/C24H23FN2O4S/c1-31-22-12-2-17(3-13-22)16-27(21-10-11-21)24(28)18-4-8-20(9-5-18)26-32(29,30)23-14-6-19(25)7-15-23/h2-9,12-15,21,26H,10-11,16H2,1H3. The molecule has 0 radical (unpaired) electrons. The van der Waals surface area contributed by atoms with Gasteiger partial charge >= 0.3 is 0 Å². The first-order chi connectivity index (χ1) is 15.4. The summed E-state index contributed by atoms with van der Waals surface area (Å²) in [6.45, 7) is 0.493. The van der Waals surface area contributed by atoms with Gasteiger partial charge < -0.3 is 9.64 Å². The first kappa shape index (κ1) is 21.8. The van der Waals surface area contributed by atoms with Gasteiger partial charge in [-0.3, -0.25) is 9.52 Å². The Morgan fingerprint density at radius 2 is 1.62 bits per heavy atom. The summed E-state index contributed by atoms with van der Waals surface area (Å²) < 4.78 is 45.6. The van der Waals surface area contributed by atoms with E-state index < -0.39 is 15.8 Å². The third kappa shape index (κ3) is 5.08. The molecule has 0 heterocycles. The highest BCUT2D eigenvalue weighted by Crippen LogP contribution is 2.30. The van der Waals surface area contributed by atoms with Crippen molar-refractivity contribution in [3.05, 3.63) is 89.7 Å². The van der Waals surface area contributed by atoms with Crippen LogP contribution in [0.5, 0.6) is 5.75 Å². The third-order valence-corrected chi connectivity index (χ3v) is 6.67. The topological polar surface area (TPSA) is 75.7 Å². The Morgan fingerprint density at radius 3 is 2.19 bits per heavy atom. The van der Waals surface area contributed by atoms with E-state index in [1.807, 2.05) is 29.2 Å². The molecule has 3 aromatic rings. The Hall–Kier alpha value is -3.39. The van der Waals surface area contributed by atoms with Crippen molar-refractivity contribution in [3.63, 3.8) is 0 Å². The summed E-state index contributed by atoms with van der Waals surface area (Å²) in [7, 11) is -2.24. The number of hydrogen-bond acceptors (Lipinski definition) is 4. The maximum Gasteiger partial charge on any atom is 0.261 e. The van der Waals surface area contributed by atoms with Crippen molar-refractivity contribution >= 4 is 21.6 Å². The molecule has 32 heavy (non-hydrogen) atoms. The molecule has 1 fully saturated rings. The molecule has 8 heteroatoms. The molecule has 4 rings (SSSR count). The van der Waals surface area contributed by atoms with Gasteiger partial charge in [0.25, 0.3) is 15.9 Å². The average Bonchev–Trinajstić information content (AvgIpc) is 3.63. The van der Waals surface area contributed by atoms with Crippen LogP contribution in [0.15, 0.2) is 77.7 Å². The highest BCUT2D eigenvalue weighted by Gasteiger charge is 2.33. The van der Waals surface area contributed by atoms with Crippen LogP contribution in [0.25, 0.3) is 0 Å². The van der Waals surface area contributed by atoms with Gasteiger partial charge in [0, 0.05) is 23.8 Å². The fourth-order valence-corrected chi connectivity index (χ4v) is 4.41. The number of hydrogen-bond donors (Lipinski definition) is 1. The van der Waals surface area contributed by atoms with Crippen LogP contribution in [0.1, 0.15) is 28.8 Å². The number of nitrogens with zero attached hydrogens (tertiary/aromatic N) is 1. The fourth-order valence-electron chi connectivity index (χ4n) is 3.36. The van der Waals surface area contributed by atoms with Crippen LogP contribution in [0, 0.1) is 5.82 Å². The van der Waals surface area contributed by atoms with Crippen molar-refractivity contribution in [1.82, 2.24) is 4.90 Å². The lowest BCUT2D eigenvalue weighted by molar-refractivity contribution is 0.0730. The number of benzene rings is 3. The minimum absolute atomic E-state index is 0.0431. The van der Waals surface area contributed by atoms with Crippen LogP contribution in [-0.4, -0.2) is 32.4 Å². The fraction of sp³-hybridized carbons (Fsp3) is 0.208. The van der Waals surface area contributed by atoms with Gasteiger partial charge in [-0.05, 0) is 79.1 Å². The molecule has 1 saturated carbocycles. The zero-order chi connectivity index (χ0) is 22.7. The van der Waals surface area contributed by atoms with E-state index >= 15 is 0 Å². The number of anilines is 1. The van der Waals surface area contributed by atoms with E-state index in [1.54, 1.807) is 31.4 Å². The smallest absolute Gasteiger partial charge is 0.261 e. The van der Waals surface area contributed by atoms with Gasteiger partial charge in [0.2, 0.25) is 0 Å². The number of carbonyl (C=O) groups is 1. The van der Waals surface area contributed by atoms with Gasteiger partial charge in [-0.1, -0.05) is 12.1 Å². The molecule has 0 saturated heterocycles. The van der Waals surface area contributed by atoms with Crippen LogP contribution in [-0.2, 0) is 16.6 Å². The van der Waals surface area contributed by atoms with E-state index in [0.717, 1.165) is 36.3 Å². The average molecular weight is 455 g/mol. The Labute approximate surface area is 186 Å². The molecule has 1 N–H and O–H groups in total. The molecule has 6 nitrogen and oxygen atoms in total. The Balaban J connectivity index is 1.47. The van der Waals surface area contributed by atoms with Gasteiger partial charge in [0.1, 0.15) is 11.6 Å². The monoisotopic (exact) mass is 454 g/mol. The van der Waals surface area contributed by atoms with Gasteiger partial charge in [-0.25, -0.2) is 12.8 Å². The Morgan fingerprint density at radius 1 is 1.00 bits per heavy atom. The van der Waals surface area contributed by atoms with Gasteiger partial charge in [-0.15, -0.1) is 0 Å². The van der Waals surface area contributed by atoms with E-state index in [9.17, 15) is 17.6 Å². The predicted octanol–water partition coefficient (Wildman–Crippen LogP) is 4.44. The highest BCUT2D eigenvalue weighted by molar-refractivity contribution is 7.92. The second kappa shape index (κ2) is 9.00. The molecule has 0 aromatic heterocycles. The lowest BCUT2D eigenvalue weighted by Crippen LogP contribution is -2.32. The first-order valence-electron chi connectivity index (χ1n) is 10.2. The molecule has 166 valence electrons. The number of methoxy groups -OCH3 is 1. The number of rotatable bonds is 8. The second-order valence-corrected chi connectivity index (χ2v) is 9.33. The summed E-state index contributed by atoms with van der Waals surface area (Å²) in [5, 5.41) is 0. The quantitative estimate of drug-likeness (QED) is 0.546. The summed E-state index contributed by atoms with van der Waals surface area (Å²) in [5.41, 5.74) is 1.81. The zero-order valence-electron chi connectivity index (χ0n) is 17.5. The Bertz CT molecular complexity index is 1190. The predicted molar refractivity (Wildman–Crippen MR) is 120 cm³/mol. The van der Waals surface area contributed by atoms with Crippen molar-refractivity contribution in [2.75, 3.05) is 11.8 Å². The molecule has 0 aliphatic heterocycles. The molecule has 1 aliphatic carbocycles. The minimum atomic E-state index is -3.85. The lowest BCUT2D eigenvalue weighted by atomic mass is 10.1. The minimum Gasteiger partial charge on any atom is -0.497 e. The summed E-state index contributed by atoms with van der Waals surface area (Å²) in [5.74, 6) is 0.148. The maximum atomic E-state index is 13.1. The van der Waals surface area contributed by atoms with E-state index in [1.165, 1.54) is 12.1 Å². The van der Waals surface area contributed by atoms with Gasteiger partial charge in [-0.2, -0.15) is 0 Å². The SMILES string of the molecule is COc1ccc(CN(C(=O)c2ccc(NS(=O)(=O)c3ccc(F)cc3)cc2)C2CC2)cc1. The van der Waals surface area contributed by atoms with Gasteiger partial charge in [0.05, 0.1) is 12.0 Å². The number of sulfonamides is 1. The molecular formula is C24H23FN2O4S.